The number of aliphatic imine (C=N–C) groups is 1. The molecule has 0 bridgehead atoms. The average molecular weight is 416 g/mol. The van der Waals surface area contributed by atoms with Crippen molar-refractivity contribution in [1.29, 1.82) is 0 Å². The molecule has 0 atom stereocenters. The molecule has 24 heavy (non-hydrogen) atoms. The van der Waals surface area contributed by atoms with Gasteiger partial charge in [0.15, 0.2) is 0 Å². The number of hydrogen-bond acceptors (Lipinski definition) is 2. The van der Waals surface area contributed by atoms with Crippen molar-refractivity contribution in [3.05, 3.63) is 58.9 Å². The predicted molar refractivity (Wildman–Crippen MR) is 83.2 cm³/mol. The van der Waals surface area contributed by atoms with Gasteiger partial charge >= 0.3 is 41.8 Å². The molecule has 0 saturated heterocycles. The first-order valence-corrected chi connectivity index (χ1v) is 10.7. The first-order valence-electron chi connectivity index (χ1n) is 6.36. The molecule has 2 aromatic rings. The van der Waals surface area contributed by atoms with Crippen molar-refractivity contribution in [2.24, 2.45) is 4.99 Å². The number of benzene rings is 2. The van der Waals surface area contributed by atoms with Crippen LogP contribution in [-0.4, -0.2) is 11.3 Å². The third-order valence-electron chi connectivity index (χ3n) is 2.88. The Morgan fingerprint density at radius 2 is 1.79 bits per heavy atom. The molecular weight excluding hydrogens is 405 g/mol. The van der Waals surface area contributed by atoms with Gasteiger partial charge < -0.3 is 5.11 Å². The SMILES string of the molecule is Cc1cccc(C=Nc2ccc(F)cc2C(F)(F)F)c1O.[Cl][Ti][Cl]. The molecule has 2 aromatic carbocycles. The monoisotopic (exact) mass is 415 g/mol. The van der Waals surface area contributed by atoms with Crippen LogP contribution in [0.5, 0.6) is 5.75 Å². The van der Waals surface area contributed by atoms with E-state index >= 15 is 0 Å². The molecule has 0 saturated carbocycles. The zero-order chi connectivity index (χ0) is 18.3. The Morgan fingerprint density at radius 3 is 2.38 bits per heavy atom. The summed E-state index contributed by atoms with van der Waals surface area (Å²) in [6, 6.07) is 7.06. The van der Waals surface area contributed by atoms with E-state index in [4.69, 9.17) is 18.6 Å². The minimum absolute atomic E-state index is 0.0584. The van der Waals surface area contributed by atoms with E-state index in [0.29, 0.717) is 11.6 Å². The van der Waals surface area contributed by atoms with Gasteiger partial charge in [-0.25, -0.2) is 4.39 Å². The van der Waals surface area contributed by atoms with E-state index in [1.54, 1.807) is 19.1 Å². The summed E-state index contributed by atoms with van der Waals surface area (Å²) in [4.78, 5) is 3.71. The van der Waals surface area contributed by atoms with Crippen molar-refractivity contribution in [3.63, 3.8) is 0 Å². The van der Waals surface area contributed by atoms with Crippen LogP contribution in [0.1, 0.15) is 16.7 Å². The fraction of sp³-hybridized carbons (Fsp3) is 0.133. The molecule has 0 heterocycles. The van der Waals surface area contributed by atoms with Gasteiger partial charge in [-0.05, 0) is 36.8 Å². The van der Waals surface area contributed by atoms with Crippen molar-refractivity contribution in [1.82, 2.24) is 0 Å². The molecule has 0 unspecified atom stereocenters. The maximum absolute atomic E-state index is 13.0. The molecule has 0 amide bonds. The number of phenolic OH excluding ortho intramolecular Hbond substituents is 1. The third kappa shape index (κ3) is 6.09. The van der Waals surface area contributed by atoms with E-state index in [-0.39, 0.29) is 11.3 Å². The van der Waals surface area contributed by atoms with Crippen LogP contribution in [0.25, 0.3) is 0 Å². The van der Waals surface area contributed by atoms with E-state index in [1.807, 2.05) is 0 Å². The number of phenols is 1. The second kappa shape index (κ2) is 9.42. The molecule has 9 heteroatoms. The van der Waals surface area contributed by atoms with Crippen molar-refractivity contribution in [2.45, 2.75) is 13.1 Å². The van der Waals surface area contributed by atoms with Gasteiger partial charge in [0, 0.05) is 11.8 Å². The van der Waals surface area contributed by atoms with Crippen LogP contribution < -0.4 is 0 Å². The maximum atomic E-state index is 13.0. The number of aryl methyl sites for hydroxylation is 1. The number of aromatic hydroxyl groups is 1. The normalized spacial score (nSPS) is 11.1. The van der Waals surface area contributed by atoms with Gasteiger partial charge in [-0.3, -0.25) is 4.99 Å². The second-order valence-corrected chi connectivity index (χ2v) is 7.08. The van der Waals surface area contributed by atoms with Crippen LogP contribution in [0.15, 0.2) is 41.4 Å². The van der Waals surface area contributed by atoms with Gasteiger partial charge in [0.25, 0.3) is 0 Å². The number of nitrogens with zero attached hydrogens (tertiary/aromatic N) is 1. The number of alkyl halides is 3. The Bertz CT molecular complexity index is 723. The van der Waals surface area contributed by atoms with E-state index in [1.165, 1.54) is 6.07 Å². The van der Waals surface area contributed by atoms with Crippen LogP contribution in [0, 0.1) is 12.7 Å². The van der Waals surface area contributed by atoms with Crippen LogP contribution in [-0.2, 0) is 23.2 Å². The van der Waals surface area contributed by atoms with E-state index in [9.17, 15) is 22.7 Å². The minimum atomic E-state index is -4.70. The molecule has 1 N–H and O–H groups in total. The third-order valence-corrected chi connectivity index (χ3v) is 2.88. The van der Waals surface area contributed by atoms with Crippen LogP contribution >= 0.6 is 18.6 Å². The molecular formula is C15H11Cl2F4NOTi. The summed E-state index contributed by atoms with van der Waals surface area (Å²) >= 11 is -0.556. The Labute approximate surface area is 152 Å². The number of halogens is 6. The quantitative estimate of drug-likeness (QED) is 0.365. The Balaban J connectivity index is 0.000000891. The topological polar surface area (TPSA) is 32.6 Å². The summed E-state index contributed by atoms with van der Waals surface area (Å²) in [5.74, 6) is -1.04. The van der Waals surface area contributed by atoms with Gasteiger partial charge in [-0.15, -0.1) is 0 Å². The van der Waals surface area contributed by atoms with Gasteiger partial charge in [0.05, 0.1) is 11.3 Å². The second-order valence-electron chi connectivity index (χ2n) is 4.50. The fourth-order valence-corrected chi connectivity index (χ4v) is 1.77. The Morgan fingerprint density at radius 1 is 1.17 bits per heavy atom. The van der Waals surface area contributed by atoms with Gasteiger partial charge in [-0.2, -0.15) is 13.2 Å². The molecule has 0 aliphatic carbocycles. The van der Waals surface area contributed by atoms with E-state index in [2.05, 4.69) is 4.99 Å². The zero-order valence-corrected chi connectivity index (χ0v) is 15.3. The average Bonchev–Trinajstić information content (AvgIpc) is 2.49. The molecule has 2 nitrogen and oxygen atoms in total. The summed E-state index contributed by atoms with van der Waals surface area (Å²) in [7, 11) is 9.78. The summed E-state index contributed by atoms with van der Waals surface area (Å²) in [6.45, 7) is 1.66. The van der Waals surface area contributed by atoms with E-state index < -0.39 is 40.3 Å². The summed E-state index contributed by atoms with van der Waals surface area (Å²) in [5.41, 5.74) is -0.711. The summed E-state index contributed by atoms with van der Waals surface area (Å²) in [5, 5.41) is 9.78. The number of hydrogen-bond donors (Lipinski definition) is 1. The zero-order valence-electron chi connectivity index (χ0n) is 12.2. The summed E-state index contributed by atoms with van der Waals surface area (Å²) in [6.07, 6.45) is -3.59. The van der Waals surface area contributed by atoms with Gasteiger partial charge in [0.1, 0.15) is 11.6 Å². The number of para-hydroxylation sites is 1. The molecule has 0 spiro atoms. The Hall–Kier alpha value is -1.08. The first-order chi connectivity index (χ1) is 11.2. The summed E-state index contributed by atoms with van der Waals surface area (Å²) < 4.78 is 51.4. The molecule has 128 valence electrons. The van der Waals surface area contributed by atoms with Crippen molar-refractivity contribution < 1.29 is 39.7 Å². The Kier molecular flexibility index (Phi) is 8.23. The first kappa shape index (κ1) is 21.0. The fourth-order valence-electron chi connectivity index (χ4n) is 1.77. The predicted octanol–water partition coefficient (Wildman–Crippen LogP) is 5.99. The molecule has 0 fully saturated rings. The number of rotatable bonds is 2. The molecule has 0 aromatic heterocycles. The molecule has 2 rings (SSSR count). The molecule has 0 aliphatic heterocycles. The standard InChI is InChI=1S/C15H11F4NO.2ClH.Ti/c1-9-3-2-4-10(14(9)21)8-20-13-6-5-11(16)7-12(13)15(17,18)19;;;/h2-8,21H,1H3;2*1H;/q;;;+2/p-2. The van der Waals surface area contributed by atoms with E-state index in [0.717, 1.165) is 18.3 Å². The van der Waals surface area contributed by atoms with Crippen molar-refractivity contribution in [3.8, 4) is 5.75 Å². The van der Waals surface area contributed by atoms with Crippen molar-refractivity contribution in [2.75, 3.05) is 0 Å². The van der Waals surface area contributed by atoms with Gasteiger partial charge in [-0.1, -0.05) is 12.1 Å². The van der Waals surface area contributed by atoms with Crippen LogP contribution in [0.3, 0.4) is 0 Å². The molecule has 0 aliphatic rings. The van der Waals surface area contributed by atoms with Crippen molar-refractivity contribution >= 4 is 30.5 Å². The van der Waals surface area contributed by atoms with Crippen LogP contribution in [0.4, 0.5) is 23.2 Å². The van der Waals surface area contributed by atoms with Crippen LogP contribution in [0.2, 0.25) is 0 Å². The van der Waals surface area contributed by atoms with Gasteiger partial charge in [0.2, 0.25) is 0 Å². The molecule has 0 radical (unpaired) electrons.